The topological polar surface area (TPSA) is 51.0 Å². The molecule has 1 saturated carbocycles. The summed E-state index contributed by atoms with van der Waals surface area (Å²) < 4.78 is 2.12. The summed E-state index contributed by atoms with van der Waals surface area (Å²) >= 11 is 1.50. The number of amides is 1. The van der Waals surface area contributed by atoms with Crippen LogP contribution in [-0.2, 0) is 17.8 Å². The van der Waals surface area contributed by atoms with Crippen LogP contribution in [0.3, 0.4) is 0 Å². The van der Waals surface area contributed by atoms with E-state index in [0.29, 0.717) is 11.8 Å². The fourth-order valence-electron chi connectivity index (χ4n) is 3.71. The van der Waals surface area contributed by atoms with Crippen molar-refractivity contribution in [2.45, 2.75) is 63.7 Å². The molecular formula is C21H30N4OS. The van der Waals surface area contributed by atoms with E-state index in [2.05, 4.69) is 40.7 Å². The zero-order valence-electron chi connectivity index (χ0n) is 16.6. The summed E-state index contributed by atoms with van der Waals surface area (Å²) in [6.07, 6.45) is 5.46. The molecule has 27 heavy (non-hydrogen) atoms. The van der Waals surface area contributed by atoms with Gasteiger partial charge in [-0.3, -0.25) is 4.79 Å². The normalized spacial score (nSPS) is 19.8. The van der Waals surface area contributed by atoms with Crippen molar-refractivity contribution in [3.63, 3.8) is 0 Å². The molecule has 0 unspecified atom stereocenters. The van der Waals surface area contributed by atoms with Crippen LogP contribution in [-0.4, -0.2) is 44.4 Å². The molecule has 0 radical (unpaired) electrons. The first-order valence-corrected chi connectivity index (χ1v) is 10.9. The summed E-state index contributed by atoms with van der Waals surface area (Å²) in [7, 11) is 1.95. The Morgan fingerprint density at radius 3 is 2.56 bits per heavy atom. The van der Waals surface area contributed by atoms with Crippen LogP contribution in [0.2, 0.25) is 0 Å². The molecule has 146 valence electrons. The number of benzene rings is 1. The van der Waals surface area contributed by atoms with Gasteiger partial charge in [-0.2, -0.15) is 0 Å². The smallest absolute Gasteiger partial charge is 0.233 e. The van der Waals surface area contributed by atoms with Crippen LogP contribution in [0.5, 0.6) is 0 Å². The van der Waals surface area contributed by atoms with E-state index < -0.39 is 0 Å². The predicted octanol–water partition coefficient (Wildman–Crippen LogP) is 4.02. The Hall–Kier alpha value is -1.82. The van der Waals surface area contributed by atoms with Gasteiger partial charge >= 0.3 is 0 Å². The highest BCUT2D eigenvalue weighted by Gasteiger charge is 2.25. The average Bonchev–Trinajstić information content (AvgIpc) is 3.08. The molecule has 5 nitrogen and oxygen atoms in total. The molecule has 1 heterocycles. The minimum Gasteiger partial charge on any atom is -0.342 e. The van der Waals surface area contributed by atoms with Crippen molar-refractivity contribution in [2.75, 3.05) is 12.8 Å². The minimum atomic E-state index is 0.190. The summed E-state index contributed by atoms with van der Waals surface area (Å²) in [5, 5.41) is 9.55. The zero-order chi connectivity index (χ0) is 19.2. The van der Waals surface area contributed by atoms with Gasteiger partial charge in [-0.05, 0) is 44.1 Å². The number of carbonyl (C=O) groups is 1. The molecule has 1 aromatic carbocycles. The van der Waals surface area contributed by atoms with Crippen LogP contribution in [0.15, 0.2) is 35.5 Å². The first-order chi connectivity index (χ1) is 13.1. The third-order valence-corrected chi connectivity index (χ3v) is 6.52. The first-order valence-electron chi connectivity index (χ1n) is 9.93. The number of rotatable bonds is 7. The van der Waals surface area contributed by atoms with Crippen LogP contribution >= 0.6 is 11.8 Å². The van der Waals surface area contributed by atoms with Crippen molar-refractivity contribution in [2.24, 2.45) is 5.92 Å². The predicted molar refractivity (Wildman–Crippen MR) is 110 cm³/mol. The molecular weight excluding hydrogens is 356 g/mol. The second-order valence-electron chi connectivity index (χ2n) is 7.51. The Morgan fingerprint density at radius 1 is 1.19 bits per heavy atom. The highest BCUT2D eigenvalue weighted by molar-refractivity contribution is 7.99. The van der Waals surface area contributed by atoms with Gasteiger partial charge in [-0.1, -0.05) is 49.0 Å². The molecule has 0 N–H and O–H groups in total. The SMILES string of the molecule is CCn1c(Cc2ccccc2)nnc1SCC(=O)N(C)C1CCC(C)CC1. The summed E-state index contributed by atoms with van der Waals surface area (Å²) in [6.45, 7) is 5.21. The van der Waals surface area contributed by atoms with E-state index >= 15 is 0 Å². The standard InChI is InChI=1S/C21H30N4OS/c1-4-25-19(14-17-8-6-5-7-9-17)22-23-21(25)27-15-20(26)24(3)18-12-10-16(2)11-13-18/h5-9,16,18H,4,10-15H2,1-3H3. The van der Waals surface area contributed by atoms with Crippen molar-refractivity contribution < 1.29 is 4.79 Å². The lowest BCUT2D eigenvalue weighted by Crippen LogP contribution is -2.40. The lowest BCUT2D eigenvalue weighted by Gasteiger charge is -2.33. The van der Waals surface area contributed by atoms with E-state index in [1.54, 1.807) is 0 Å². The van der Waals surface area contributed by atoms with Gasteiger partial charge in [0.25, 0.3) is 0 Å². The zero-order valence-corrected chi connectivity index (χ0v) is 17.4. The van der Waals surface area contributed by atoms with E-state index in [4.69, 9.17) is 0 Å². The summed E-state index contributed by atoms with van der Waals surface area (Å²) in [5.41, 5.74) is 1.22. The quantitative estimate of drug-likeness (QED) is 0.675. The maximum atomic E-state index is 12.6. The van der Waals surface area contributed by atoms with Gasteiger partial charge in [0, 0.05) is 26.1 Å². The third kappa shape index (κ3) is 5.12. The molecule has 0 atom stereocenters. The maximum absolute atomic E-state index is 12.6. The number of hydrogen-bond acceptors (Lipinski definition) is 4. The van der Waals surface area contributed by atoms with Gasteiger partial charge in [0.05, 0.1) is 5.75 Å². The van der Waals surface area contributed by atoms with Crippen molar-refractivity contribution >= 4 is 17.7 Å². The molecule has 2 aromatic rings. The highest BCUT2D eigenvalue weighted by Crippen LogP contribution is 2.27. The molecule has 1 aliphatic carbocycles. The monoisotopic (exact) mass is 386 g/mol. The molecule has 0 spiro atoms. The first kappa shape index (κ1) is 19.9. The Labute approximate surface area is 166 Å². The number of aromatic nitrogens is 3. The average molecular weight is 387 g/mol. The number of carbonyl (C=O) groups excluding carboxylic acids is 1. The summed E-state index contributed by atoms with van der Waals surface area (Å²) in [4.78, 5) is 14.6. The Morgan fingerprint density at radius 2 is 1.89 bits per heavy atom. The molecule has 1 fully saturated rings. The molecule has 0 bridgehead atoms. The minimum absolute atomic E-state index is 0.190. The van der Waals surface area contributed by atoms with Crippen LogP contribution in [0.1, 0.15) is 50.9 Å². The molecule has 1 aliphatic rings. The van der Waals surface area contributed by atoms with E-state index in [1.165, 1.54) is 30.2 Å². The lowest BCUT2D eigenvalue weighted by molar-refractivity contribution is -0.129. The van der Waals surface area contributed by atoms with Crippen molar-refractivity contribution in [1.82, 2.24) is 19.7 Å². The van der Waals surface area contributed by atoms with Crippen LogP contribution in [0.4, 0.5) is 0 Å². The fourth-order valence-corrected chi connectivity index (χ4v) is 4.66. The Balaban J connectivity index is 1.58. The van der Waals surface area contributed by atoms with Gasteiger partial charge in [0.15, 0.2) is 5.16 Å². The van der Waals surface area contributed by atoms with Crippen molar-refractivity contribution in [3.8, 4) is 0 Å². The van der Waals surface area contributed by atoms with Crippen LogP contribution in [0.25, 0.3) is 0 Å². The lowest BCUT2D eigenvalue weighted by atomic mass is 9.87. The summed E-state index contributed by atoms with van der Waals surface area (Å²) in [5.74, 6) is 2.36. The van der Waals surface area contributed by atoms with Crippen molar-refractivity contribution in [3.05, 3.63) is 41.7 Å². The second-order valence-corrected chi connectivity index (χ2v) is 8.45. The molecule has 1 amide bonds. The van der Waals surface area contributed by atoms with Gasteiger partial charge in [-0.15, -0.1) is 10.2 Å². The number of nitrogens with zero attached hydrogens (tertiary/aromatic N) is 4. The van der Waals surface area contributed by atoms with E-state index in [9.17, 15) is 4.79 Å². The Kier molecular flexibility index (Phi) is 6.94. The second kappa shape index (κ2) is 9.40. The van der Waals surface area contributed by atoms with E-state index in [-0.39, 0.29) is 5.91 Å². The maximum Gasteiger partial charge on any atom is 0.233 e. The largest absolute Gasteiger partial charge is 0.342 e. The molecule has 1 aromatic heterocycles. The molecule has 3 rings (SSSR count). The number of thioether (sulfide) groups is 1. The molecule has 6 heteroatoms. The van der Waals surface area contributed by atoms with Crippen LogP contribution in [0, 0.1) is 5.92 Å². The van der Waals surface area contributed by atoms with Gasteiger partial charge in [0.2, 0.25) is 5.91 Å². The van der Waals surface area contributed by atoms with E-state index in [1.807, 2.05) is 30.1 Å². The number of hydrogen-bond donors (Lipinski definition) is 0. The van der Waals surface area contributed by atoms with Gasteiger partial charge in [0.1, 0.15) is 5.82 Å². The van der Waals surface area contributed by atoms with Crippen LogP contribution < -0.4 is 0 Å². The van der Waals surface area contributed by atoms with E-state index in [0.717, 1.165) is 42.7 Å². The fraction of sp³-hybridized carbons (Fsp3) is 0.571. The Bertz CT molecular complexity index is 738. The van der Waals surface area contributed by atoms with Gasteiger partial charge in [-0.25, -0.2) is 0 Å². The third-order valence-electron chi connectivity index (χ3n) is 5.57. The van der Waals surface area contributed by atoms with Gasteiger partial charge < -0.3 is 9.47 Å². The summed E-state index contributed by atoms with van der Waals surface area (Å²) in [6, 6.07) is 10.7. The molecule has 0 aliphatic heterocycles. The van der Waals surface area contributed by atoms with Crippen molar-refractivity contribution in [1.29, 1.82) is 0 Å². The highest BCUT2D eigenvalue weighted by atomic mass is 32.2. The molecule has 0 saturated heterocycles.